The van der Waals surface area contributed by atoms with Crippen LogP contribution in [0.1, 0.15) is 55.5 Å². The van der Waals surface area contributed by atoms with E-state index in [2.05, 4.69) is 30.7 Å². The van der Waals surface area contributed by atoms with Crippen LogP contribution in [0.15, 0.2) is 18.5 Å². The highest BCUT2D eigenvalue weighted by atomic mass is 16.2. The van der Waals surface area contributed by atoms with Crippen molar-refractivity contribution in [3.8, 4) is 11.8 Å². The number of nitrogens with zero attached hydrogens (tertiary/aromatic N) is 2. The van der Waals surface area contributed by atoms with Gasteiger partial charge in [0.2, 0.25) is 0 Å². The quantitative estimate of drug-likeness (QED) is 0.848. The van der Waals surface area contributed by atoms with Crippen LogP contribution in [0.3, 0.4) is 0 Å². The van der Waals surface area contributed by atoms with Crippen molar-refractivity contribution >= 4 is 5.91 Å². The summed E-state index contributed by atoms with van der Waals surface area (Å²) in [4.78, 5) is 18.8. The average molecular weight is 286 g/mol. The van der Waals surface area contributed by atoms with Gasteiger partial charge in [0.1, 0.15) is 0 Å². The van der Waals surface area contributed by atoms with Gasteiger partial charge in [0.15, 0.2) is 0 Å². The predicted octanol–water partition coefficient (Wildman–Crippen LogP) is 2.22. The number of aliphatic hydroxyl groups excluding tert-OH is 1. The lowest BCUT2D eigenvalue weighted by Gasteiger charge is -2.39. The zero-order valence-electron chi connectivity index (χ0n) is 12.7. The van der Waals surface area contributed by atoms with E-state index in [0.29, 0.717) is 17.5 Å². The lowest BCUT2D eigenvalue weighted by molar-refractivity contribution is 0.0510. The molecule has 1 aromatic rings. The third kappa shape index (κ3) is 3.83. The minimum Gasteiger partial charge on any atom is -0.395 e. The highest BCUT2D eigenvalue weighted by Crippen LogP contribution is 2.24. The van der Waals surface area contributed by atoms with Gasteiger partial charge >= 0.3 is 0 Å². The maximum Gasteiger partial charge on any atom is 0.255 e. The van der Waals surface area contributed by atoms with Gasteiger partial charge in [0, 0.05) is 36.5 Å². The summed E-state index contributed by atoms with van der Waals surface area (Å²) in [7, 11) is 0. The van der Waals surface area contributed by atoms with Gasteiger partial charge in [-0.1, -0.05) is 11.8 Å². The number of rotatable bonds is 2. The van der Waals surface area contributed by atoms with Crippen molar-refractivity contribution in [2.75, 3.05) is 6.61 Å². The van der Waals surface area contributed by atoms with Crippen molar-refractivity contribution in [1.82, 2.24) is 9.88 Å². The number of aromatic nitrogens is 1. The Bertz CT molecular complexity index is 549. The standard InChI is InChI=1S/C17H22N2O2/c1-13-6-5-7-14(2)19(13)17(21)16-10-15(11-18-12-16)8-3-4-9-20/h10-14,20H,4-7,9H2,1-2H3/t13-,14+. The van der Waals surface area contributed by atoms with E-state index in [9.17, 15) is 4.79 Å². The molecule has 4 heteroatoms. The Labute approximate surface area is 126 Å². The van der Waals surface area contributed by atoms with Crippen LogP contribution in [0, 0.1) is 11.8 Å². The lowest BCUT2D eigenvalue weighted by atomic mass is 9.96. The fraction of sp³-hybridized carbons (Fsp3) is 0.529. The highest BCUT2D eigenvalue weighted by molar-refractivity contribution is 5.94. The molecule has 112 valence electrons. The van der Waals surface area contributed by atoms with Crippen LogP contribution in [0.2, 0.25) is 0 Å². The number of likely N-dealkylation sites (tertiary alicyclic amines) is 1. The van der Waals surface area contributed by atoms with Gasteiger partial charge in [-0.3, -0.25) is 9.78 Å². The fourth-order valence-electron chi connectivity index (χ4n) is 2.82. The van der Waals surface area contributed by atoms with Crippen LogP contribution < -0.4 is 0 Å². The van der Waals surface area contributed by atoms with Gasteiger partial charge in [0.05, 0.1) is 12.2 Å². The van der Waals surface area contributed by atoms with Crippen molar-refractivity contribution in [3.63, 3.8) is 0 Å². The number of hydrogen-bond acceptors (Lipinski definition) is 3. The molecule has 2 rings (SSSR count). The summed E-state index contributed by atoms with van der Waals surface area (Å²) in [6, 6.07) is 2.32. The van der Waals surface area contributed by atoms with Crippen molar-refractivity contribution < 1.29 is 9.90 Å². The molecular formula is C17H22N2O2. The van der Waals surface area contributed by atoms with Gasteiger partial charge in [-0.05, 0) is 39.2 Å². The number of piperidine rings is 1. The molecule has 1 fully saturated rings. The Morgan fingerprint density at radius 2 is 2.10 bits per heavy atom. The van der Waals surface area contributed by atoms with Crippen molar-refractivity contribution in [1.29, 1.82) is 0 Å². The number of amides is 1. The Kier molecular flexibility index (Phi) is 5.35. The van der Waals surface area contributed by atoms with E-state index in [0.717, 1.165) is 12.8 Å². The molecule has 1 N–H and O–H groups in total. The first-order valence-corrected chi connectivity index (χ1v) is 7.51. The Hall–Kier alpha value is -1.86. The molecule has 1 saturated heterocycles. The Morgan fingerprint density at radius 1 is 1.38 bits per heavy atom. The molecule has 0 bridgehead atoms. The number of pyridine rings is 1. The number of carbonyl (C=O) groups is 1. The molecule has 1 aromatic heterocycles. The lowest BCUT2D eigenvalue weighted by Crippen LogP contribution is -2.47. The summed E-state index contributed by atoms with van der Waals surface area (Å²) in [6.45, 7) is 4.25. The smallest absolute Gasteiger partial charge is 0.255 e. The number of aliphatic hydroxyl groups is 1. The van der Waals surface area contributed by atoms with E-state index >= 15 is 0 Å². The molecule has 0 aliphatic carbocycles. The van der Waals surface area contributed by atoms with E-state index in [1.165, 1.54) is 6.42 Å². The topological polar surface area (TPSA) is 53.4 Å². The van der Waals surface area contributed by atoms with E-state index in [1.807, 2.05) is 4.90 Å². The molecule has 0 spiro atoms. The summed E-state index contributed by atoms with van der Waals surface area (Å²) >= 11 is 0. The van der Waals surface area contributed by atoms with Crippen molar-refractivity contribution in [3.05, 3.63) is 29.6 Å². The van der Waals surface area contributed by atoms with Crippen LogP contribution in [-0.4, -0.2) is 39.6 Å². The van der Waals surface area contributed by atoms with Crippen LogP contribution in [-0.2, 0) is 0 Å². The molecule has 2 atom stereocenters. The summed E-state index contributed by atoms with van der Waals surface area (Å²) in [5, 5.41) is 8.74. The van der Waals surface area contributed by atoms with Crippen molar-refractivity contribution in [2.24, 2.45) is 0 Å². The summed E-state index contributed by atoms with van der Waals surface area (Å²) in [6.07, 6.45) is 6.96. The van der Waals surface area contributed by atoms with E-state index < -0.39 is 0 Å². The number of carbonyl (C=O) groups excluding carboxylic acids is 1. The number of hydrogen-bond donors (Lipinski definition) is 1. The van der Waals surface area contributed by atoms with E-state index in [4.69, 9.17) is 5.11 Å². The second-order valence-electron chi connectivity index (χ2n) is 5.58. The van der Waals surface area contributed by atoms with Gasteiger partial charge in [-0.2, -0.15) is 0 Å². The summed E-state index contributed by atoms with van der Waals surface area (Å²) in [5.41, 5.74) is 1.30. The molecule has 0 unspecified atom stereocenters. The molecule has 4 nitrogen and oxygen atoms in total. The van der Waals surface area contributed by atoms with Crippen molar-refractivity contribution in [2.45, 2.75) is 51.6 Å². The third-order valence-corrected chi connectivity index (χ3v) is 3.88. The van der Waals surface area contributed by atoms with Gasteiger partial charge < -0.3 is 10.0 Å². The normalized spacial score (nSPS) is 21.6. The molecule has 1 amide bonds. The SMILES string of the molecule is C[C@@H]1CCC[C@H](C)N1C(=O)c1cncc(C#CCCO)c1. The molecule has 1 aliphatic heterocycles. The maximum atomic E-state index is 12.7. The fourth-order valence-corrected chi connectivity index (χ4v) is 2.82. The summed E-state index contributed by atoms with van der Waals surface area (Å²) in [5.74, 6) is 5.81. The van der Waals surface area contributed by atoms with Gasteiger partial charge in [-0.15, -0.1) is 0 Å². The first-order chi connectivity index (χ1) is 10.1. The van der Waals surface area contributed by atoms with E-state index in [1.54, 1.807) is 18.5 Å². The first-order valence-electron chi connectivity index (χ1n) is 7.51. The van der Waals surface area contributed by atoms with Crippen LogP contribution in [0.25, 0.3) is 0 Å². The van der Waals surface area contributed by atoms with Crippen LogP contribution in [0.4, 0.5) is 0 Å². The first kappa shape index (κ1) is 15.5. The average Bonchev–Trinajstić information content (AvgIpc) is 2.47. The molecule has 0 aromatic carbocycles. The predicted molar refractivity (Wildman–Crippen MR) is 81.8 cm³/mol. The van der Waals surface area contributed by atoms with Gasteiger partial charge in [-0.25, -0.2) is 0 Å². The largest absolute Gasteiger partial charge is 0.395 e. The minimum absolute atomic E-state index is 0.0352. The van der Waals surface area contributed by atoms with Crippen LogP contribution >= 0.6 is 0 Å². The second kappa shape index (κ2) is 7.24. The molecule has 0 saturated carbocycles. The molecule has 1 aliphatic rings. The summed E-state index contributed by atoms with van der Waals surface area (Å²) < 4.78 is 0. The highest BCUT2D eigenvalue weighted by Gasteiger charge is 2.29. The zero-order valence-corrected chi connectivity index (χ0v) is 12.7. The van der Waals surface area contributed by atoms with Crippen LogP contribution in [0.5, 0.6) is 0 Å². The Morgan fingerprint density at radius 3 is 2.76 bits per heavy atom. The monoisotopic (exact) mass is 286 g/mol. The second-order valence-corrected chi connectivity index (χ2v) is 5.58. The maximum absolute atomic E-state index is 12.7. The van der Waals surface area contributed by atoms with Gasteiger partial charge in [0.25, 0.3) is 5.91 Å². The molecule has 21 heavy (non-hydrogen) atoms. The molecule has 0 radical (unpaired) electrons. The zero-order chi connectivity index (χ0) is 15.2. The van der Waals surface area contributed by atoms with E-state index in [-0.39, 0.29) is 24.6 Å². The Balaban J connectivity index is 2.19. The third-order valence-electron chi connectivity index (χ3n) is 3.88. The minimum atomic E-state index is 0.0352. The molecule has 2 heterocycles. The molecular weight excluding hydrogens is 264 g/mol.